The molecule has 18 heavy (non-hydrogen) atoms. The highest BCUT2D eigenvalue weighted by molar-refractivity contribution is 7.91. The molecule has 0 amide bonds. The van der Waals surface area contributed by atoms with Gasteiger partial charge in [-0.15, -0.1) is 0 Å². The summed E-state index contributed by atoms with van der Waals surface area (Å²) >= 11 is 0. The second-order valence-electron chi connectivity index (χ2n) is 5.36. The third kappa shape index (κ3) is 4.22. The van der Waals surface area contributed by atoms with Crippen molar-refractivity contribution in [3.05, 3.63) is 0 Å². The Kier molecular flexibility index (Phi) is 4.74. The standard InChI is InChI=1S/C11H22N2O4S/c1-11(12,10(14)15)5-3-6-13(2)9-4-7-18(16,17)8-9/h9H,3-8,12H2,1-2H3,(H,14,15). The maximum absolute atomic E-state index is 11.3. The summed E-state index contributed by atoms with van der Waals surface area (Å²) in [4.78, 5) is 12.8. The lowest BCUT2D eigenvalue weighted by Gasteiger charge is -2.25. The average molecular weight is 278 g/mol. The molecule has 0 aromatic carbocycles. The Hall–Kier alpha value is -0.660. The maximum atomic E-state index is 11.3. The van der Waals surface area contributed by atoms with Gasteiger partial charge in [0.2, 0.25) is 0 Å². The van der Waals surface area contributed by atoms with Crippen molar-refractivity contribution in [2.24, 2.45) is 5.73 Å². The molecule has 0 bridgehead atoms. The van der Waals surface area contributed by atoms with Gasteiger partial charge >= 0.3 is 5.97 Å². The number of rotatable bonds is 6. The van der Waals surface area contributed by atoms with Crippen LogP contribution < -0.4 is 5.73 Å². The van der Waals surface area contributed by atoms with Gasteiger partial charge in [0.15, 0.2) is 9.84 Å². The van der Waals surface area contributed by atoms with E-state index in [4.69, 9.17) is 10.8 Å². The Balaban J connectivity index is 2.35. The largest absolute Gasteiger partial charge is 0.480 e. The van der Waals surface area contributed by atoms with Gasteiger partial charge in [0.1, 0.15) is 5.54 Å². The van der Waals surface area contributed by atoms with Crippen molar-refractivity contribution in [3.8, 4) is 0 Å². The average Bonchev–Trinajstić information content (AvgIpc) is 2.58. The summed E-state index contributed by atoms with van der Waals surface area (Å²) in [5, 5.41) is 8.87. The van der Waals surface area contributed by atoms with E-state index in [2.05, 4.69) is 0 Å². The topological polar surface area (TPSA) is 101 Å². The molecule has 6 nitrogen and oxygen atoms in total. The molecule has 2 unspecified atom stereocenters. The summed E-state index contributed by atoms with van der Waals surface area (Å²) in [5.74, 6) is -0.540. The van der Waals surface area contributed by atoms with Crippen LogP contribution in [0, 0.1) is 0 Å². The number of aliphatic carboxylic acids is 1. The lowest BCUT2D eigenvalue weighted by molar-refractivity contribution is -0.142. The summed E-state index contributed by atoms with van der Waals surface area (Å²) in [6.45, 7) is 2.16. The normalized spacial score (nSPS) is 26.1. The zero-order valence-corrected chi connectivity index (χ0v) is 11.7. The van der Waals surface area contributed by atoms with Crippen LogP contribution in [0.4, 0.5) is 0 Å². The molecule has 0 spiro atoms. The van der Waals surface area contributed by atoms with Crippen LogP contribution >= 0.6 is 0 Å². The maximum Gasteiger partial charge on any atom is 0.323 e. The molecule has 0 aromatic heterocycles. The fourth-order valence-electron chi connectivity index (χ4n) is 2.11. The fraction of sp³-hybridized carbons (Fsp3) is 0.909. The molecular weight excluding hydrogens is 256 g/mol. The molecule has 0 aliphatic carbocycles. The SMILES string of the molecule is CN(CCCC(C)(N)C(=O)O)C1CCS(=O)(=O)C1. The molecule has 1 saturated heterocycles. The third-order valence-electron chi connectivity index (χ3n) is 3.53. The van der Waals surface area contributed by atoms with E-state index in [9.17, 15) is 13.2 Å². The van der Waals surface area contributed by atoms with Gasteiger partial charge in [0.05, 0.1) is 11.5 Å². The van der Waals surface area contributed by atoms with E-state index in [-0.39, 0.29) is 17.5 Å². The highest BCUT2D eigenvalue weighted by Gasteiger charge is 2.31. The molecule has 2 atom stereocenters. The second-order valence-corrected chi connectivity index (χ2v) is 7.59. The van der Waals surface area contributed by atoms with Crippen LogP contribution in [0.5, 0.6) is 0 Å². The van der Waals surface area contributed by atoms with Crippen LogP contribution in [0.3, 0.4) is 0 Å². The molecule has 0 radical (unpaired) electrons. The number of hydrogen-bond acceptors (Lipinski definition) is 5. The molecule has 3 N–H and O–H groups in total. The highest BCUT2D eigenvalue weighted by atomic mass is 32.2. The Morgan fingerprint density at radius 3 is 2.61 bits per heavy atom. The van der Waals surface area contributed by atoms with E-state index < -0.39 is 21.3 Å². The summed E-state index contributed by atoms with van der Waals surface area (Å²) in [6.07, 6.45) is 1.69. The molecular formula is C11H22N2O4S. The smallest absolute Gasteiger partial charge is 0.323 e. The first-order chi connectivity index (χ1) is 8.14. The number of carboxylic acids is 1. The molecule has 106 valence electrons. The van der Waals surface area contributed by atoms with Crippen molar-refractivity contribution in [1.29, 1.82) is 0 Å². The molecule has 7 heteroatoms. The number of carbonyl (C=O) groups is 1. The Labute approximate surface area is 108 Å². The fourth-order valence-corrected chi connectivity index (χ4v) is 3.91. The summed E-state index contributed by atoms with van der Waals surface area (Å²) in [5.41, 5.74) is 4.42. The van der Waals surface area contributed by atoms with Crippen LogP contribution in [-0.4, -0.2) is 61.1 Å². The summed E-state index contributed by atoms with van der Waals surface area (Å²) < 4.78 is 22.7. The number of nitrogens with two attached hydrogens (primary N) is 1. The van der Waals surface area contributed by atoms with E-state index in [1.54, 1.807) is 0 Å². The molecule has 0 aromatic rings. The summed E-state index contributed by atoms with van der Waals surface area (Å²) in [7, 11) is -0.993. The lowest BCUT2D eigenvalue weighted by atomic mass is 9.97. The van der Waals surface area contributed by atoms with Crippen molar-refractivity contribution in [1.82, 2.24) is 4.90 Å². The van der Waals surface area contributed by atoms with Crippen LogP contribution in [0.15, 0.2) is 0 Å². The zero-order chi connectivity index (χ0) is 14.0. The molecule has 1 aliphatic rings. The minimum absolute atomic E-state index is 0.0591. The van der Waals surface area contributed by atoms with E-state index >= 15 is 0 Å². The Morgan fingerprint density at radius 2 is 2.17 bits per heavy atom. The predicted octanol–water partition coefficient (Wildman–Crippen LogP) is -0.312. The number of nitrogens with zero attached hydrogens (tertiary/aromatic N) is 1. The molecule has 0 saturated carbocycles. The predicted molar refractivity (Wildman–Crippen MR) is 69.2 cm³/mol. The van der Waals surface area contributed by atoms with E-state index in [1.807, 2.05) is 11.9 Å². The number of hydrogen-bond donors (Lipinski definition) is 2. The Bertz CT molecular complexity index is 405. The van der Waals surface area contributed by atoms with Crippen LogP contribution in [0.25, 0.3) is 0 Å². The summed E-state index contributed by atoms with van der Waals surface area (Å²) in [6, 6.07) is 0.0591. The van der Waals surface area contributed by atoms with Gasteiger partial charge in [0.25, 0.3) is 0 Å². The minimum atomic E-state index is -2.87. The number of carboxylic acid groups (broad SMARTS) is 1. The van der Waals surface area contributed by atoms with Gasteiger partial charge in [0, 0.05) is 6.04 Å². The van der Waals surface area contributed by atoms with E-state index in [1.165, 1.54) is 6.92 Å². The van der Waals surface area contributed by atoms with Gasteiger partial charge in [-0.25, -0.2) is 8.42 Å². The first-order valence-electron chi connectivity index (χ1n) is 6.07. The van der Waals surface area contributed by atoms with Crippen LogP contribution in [-0.2, 0) is 14.6 Å². The van der Waals surface area contributed by atoms with Crippen LogP contribution in [0.1, 0.15) is 26.2 Å². The zero-order valence-electron chi connectivity index (χ0n) is 10.9. The van der Waals surface area contributed by atoms with E-state index in [0.717, 1.165) is 0 Å². The van der Waals surface area contributed by atoms with Gasteiger partial charge in [-0.3, -0.25) is 4.79 Å². The van der Waals surface area contributed by atoms with Gasteiger partial charge in [-0.05, 0) is 39.8 Å². The molecule has 1 rings (SSSR count). The third-order valence-corrected chi connectivity index (χ3v) is 5.28. The van der Waals surface area contributed by atoms with Crippen molar-refractivity contribution in [2.75, 3.05) is 25.1 Å². The second kappa shape index (κ2) is 5.54. The molecule has 1 aliphatic heterocycles. The van der Waals surface area contributed by atoms with Crippen molar-refractivity contribution in [3.63, 3.8) is 0 Å². The quantitative estimate of drug-likeness (QED) is 0.691. The highest BCUT2D eigenvalue weighted by Crippen LogP contribution is 2.17. The van der Waals surface area contributed by atoms with E-state index in [0.29, 0.717) is 25.8 Å². The Morgan fingerprint density at radius 1 is 1.56 bits per heavy atom. The monoisotopic (exact) mass is 278 g/mol. The van der Waals surface area contributed by atoms with Gasteiger partial charge in [-0.2, -0.15) is 0 Å². The number of sulfone groups is 1. The van der Waals surface area contributed by atoms with Crippen molar-refractivity contribution < 1.29 is 18.3 Å². The molecule has 1 fully saturated rings. The first kappa shape index (κ1) is 15.4. The lowest BCUT2D eigenvalue weighted by Crippen LogP contribution is -2.45. The van der Waals surface area contributed by atoms with Crippen LogP contribution in [0.2, 0.25) is 0 Å². The minimum Gasteiger partial charge on any atom is -0.480 e. The van der Waals surface area contributed by atoms with Crippen molar-refractivity contribution in [2.45, 2.75) is 37.8 Å². The first-order valence-corrected chi connectivity index (χ1v) is 7.89. The van der Waals surface area contributed by atoms with Crippen molar-refractivity contribution >= 4 is 15.8 Å². The molecule has 1 heterocycles. The van der Waals surface area contributed by atoms with Gasteiger partial charge < -0.3 is 15.7 Å². The van der Waals surface area contributed by atoms with Gasteiger partial charge in [-0.1, -0.05) is 0 Å².